The van der Waals surface area contributed by atoms with Gasteiger partial charge >= 0.3 is 0 Å². The summed E-state index contributed by atoms with van der Waals surface area (Å²) in [7, 11) is 1.67. The predicted molar refractivity (Wildman–Crippen MR) is 74.5 cm³/mol. The Morgan fingerprint density at radius 1 is 1.42 bits per heavy atom. The van der Waals surface area contributed by atoms with E-state index in [9.17, 15) is 5.11 Å². The molecule has 106 valence electrons. The largest absolute Gasteiger partial charge is 0.497 e. The van der Waals surface area contributed by atoms with Crippen LogP contribution in [-0.2, 0) is 11.2 Å². The van der Waals surface area contributed by atoms with Crippen LogP contribution in [0, 0.1) is 0 Å². The molecule has 1 aliphatic heterocycles. The van der Waals surface area contributed by atoms with E-state index in [0.717, 1.165) is 18.7 Å². The third kappa shape index (κ3) is 3.69. The van der Waals surface area contributed by atoms with Crippen molar-refractivity contribution in [1.82, 2.24) is 5.32 Å². The summed E-state index contributed by atoms with van der Waals surface area (Å²) in [6.45, 7) is 4.02. The Morgan fingerprint density at radius 2 is 2.16 bits per heavy atom. The van der Waals surface area contributed by atoms with E-state index in [4.69, 9.17) is 9.47 Å². The first-order valence-electron chi connectivity index (χ1n) is 6.82. The fourth-order valence-corrected chi connectivity index (χ4v) is 2.33. The van der Waals surface area contributed by atoms with Crippen molar-refractivity contribution in [2.75, 3.05) is 26.8 Å². The van der Waals surface area contributed by atoms with Crippen LogP contribution in [0.5, 0.6) is 5.75 Å². The van der Waals surface area contributed by atoms with Gasteiger partial charge in [0.05, 0.1) is 13.2 Å². The number of hydrogen-bond acceptors (Lipinski definition) is 4. The molecule has 2 rings (SSSR count). The average Bonchev–Trinajstić information content (AvgIpc) is 2.76. The monoisotopic (exact) mass is 265 g/mol. The van der Waals surface area contributed by atoms with Crippen molar-refractivity contribution in [2.24, 2.45) is 0 Å². The molecule has 0 radical (unpaired) electrons. The normalized spacial score (nSPS) is 26.6. The zero-order chi connectivity index (χ0) is 13.7. The van der Waals surface area contributed by atoms with Crippen molar-refractivity contribution in [2.45, 2.75) is 31.5 Å². The lowest BCUT2D eigenvalue weighted by Crippen LogP contribution is -2.46. The summed E-state index contributed by atoms with van der Waals surface area (Å²) in [4.78, 5) is 0. The number of rotatable bonds is 6. The van der Waals surface area contributed by atoms with Crippen molar-refractivity contribution >= 4 is 0 Å². The van der Waals surface area contributed by atoms with Crippen LogP contribution in [0.3, 0.4) is 0 Å². The Bertz CT molecular complexity index is 393. The van der Waals surface area contributed by atoms with Crippen molar-refractivity contribution < 1.29 is 14.6 Å². The van der Waals surface area contributed by atoms with Crippen LogP contribution in [0.4, 0.5) is 0 Å². The lowest BCUT2D eigenvalue weighted by atomic mass is 9.96. The van der Waals surface area contributed by atoms with E-state index in [0.29, 0.717) is 19.6 Å². The van der Waals surface area contributed by atoms with Gasteiger partial charge in [0.1, 0.15) is 11.4 Å². The highest BCUT2D eigenvalue weighted by atomic mass is 16.5. The summed E-state index contributed by atoms with van der Waals surface area (Å²) >= 11 is 0. The van der Waals surface area contributed by atoms with Gasteiger partial charge in [0, 0.05) is 19.6 Å². The van der Waals surface area contributed by atoms with Crippen molar-refractivity contribution in [1.29, 1.82) is 0 Å². The van der Waals surface area contributed by atoms with Gasteiger partial charge in [-0.3, -0.25) is 0 Å². The van der Waals surface area contributed by atoms with Crippen LogP contribution in [0.15, 0.2) is 24.3 Å². The van der Waals surface area contributed by atoms with Gasteiger partial charge in [-0.2, -0.15) is 0 Å². The lowest BCUT2D eigenvalue weighted by molar-refractivity contribution is -0.0259. The van der Waals surface area contributed by atoms with E-state index in [2.05, 4.69) is 17.4 Å². The molecule has 0 spiro atoms. The molecule has 1 aromatic carbocycles. The second kappa shape index (κ2) is 6.37. The summed E-state index contributed by atoms with van der Waals surface area (Å²) in [5, 5.41) is 13.6. The minimum absolute atomic E-state index is 0.0824. The van der Waals surface area contributed by atoms with Crippen LogP contribution in [0.2, 0.25) is 0 Å². The molecule has 1 aliphatic rings. The first-order chi connectivity index (χ1) is 9.14. The molecule has 0 amide bonds. The third-order valence-electron chi connectivity index (χ3n) is 3.84. The van der Waals surface area contributed by atoms with Gasteiger partial charge < -0.3 is 19.9 Å². The Hall–Kier alpha value is -1.10. The molecule has 4 heteroatoms. The van der Waals surface area contributed by atoms with Crippen LogP contribution in [0.1, 0.15) is 18.9 Å². The Labute approximate surface area is 114 Å². The molecular formula is C15H23NO3. The minimum Gasteiger partial charge on any atom is -0.497 e. The highest BCUT2D eigenvalue weighted by molar-refractivity contribution is 5.27. The van der Waals surface area contributed by atoms with Gasteiger partial charge in [0.25, 0.3) is 0 Å². The zero-order valence-corrected chi connectivity index (χ0v) is 11.7. The standard InChI is InChI=1S/C15H23NO3/c1-12-15(17,8-10-19-12)11-16-9-7-13-3-5-14(18-2)6-4-13/h3-6,12,16-17H,7-11H2,1-2H3. The topological polar surface area (TPSA) is 50.7 Å². The molecule has 4 nitrogen and oxygen atoms in total. The first kappa shape index (κ1) is 14.3. The quantitative estimate of drug-likeness (QED) is 0.763. The molecule has 1 fully saturated rings. The van der Waals surface area contributed by atoms with Crippen molar-refractivity contribution in [3.05, 3.63) is 29.8 Å². The second-order valence-corrected chi connectivity index (χ2v) is 5.14. The molecule has 19 heavy (non-hydrogen) atoms. The predicted octanol–water partition coefficient (Wildman–Crippen LogP) is 1.37. The zero-order valence-electron chi connectivity index (χ0n) is 11.7. The maximum atomic E-state index is 10.3. The van der Waals surface area contributed by atoms with Crippen molar-refractivity contribution in [3.63, 3.8) is 0 Å². The van der Waals surface area contributed by atoms with Gasteiger partial charge in [0.15, 0.2) is 0 Å². The molecule has 1 heterocycles. The van der Waals surface area contributed by atoms with Crippen LogP contribution >= 0.6 is 0 Å². The van der Waals surface area contributed by atoms with E-state index in [-0.39, 0.29) is 6.10 Å². The number of benzene rings is 1. The van der Waals surface area contributed by atoms with Crippen LogP contribution < -0.4 is 10.1 Å². The molecule has 0 aromatic heterocycles. The van der Waals surface area contributed by atoms with Crippen LogP contribution in [-0.4, -0.2) is 43.6 Å². The minimum atomic E-state index is -0.708. The first-order valence-corrected chi connectivity index (χ1v) is 6.82. The van der Waals surface area contributed by atoms with E-state index < -0.39 is 5.60 Å². The van der Waals surface area contributed by atoms with Crippen molar-refractivity contribution in [3.8, 4) is 5.75 Å². The van der Waals surface area contributed by atoms with E-state index in [1.807, 2.05) is 19.1 Å². The molecule has 1 saturated heterocycles. The van der Waals surface area contributed by atoms with Gasteiger partial charge in [-0.25, -0.2) is 0 Å². The number of methoxy groups -OCH3 is 1. The highest BCUT2D eigenvalue weighted by Gasteiger charge is 2.38. The maximum Gasteiger partial charge on any atom is 0.118 e. The maximum absolute atomic E-state index is 10.3. The van der Waals surface area contributed by atoms with Gasteiger partial charge in [-0.05, 0) is 37.6 Å². The molecule has 1 aromatic rings. The second-order valence-electron chi connectivity index (χ2n) is 5.14. The molecule has 0 saturated carbocycles. The van der Waals surface area contributed by atoms with E-state index >= 15 is 0 Å². The summed E-state index contributed by atoms with van der Waals surface area (Å²) in [6.07, 6.45) is 1.57. The number of nitrogens with one attached hydrogen (secondary N) is 1. The Kier molecular flexibility index (Phi) is 4.80. The molecule has 2 unspecified atom stereocenters. The SMILES string of the molecule is COc1ccc(CCNCC2(O)CCOC2C)cc1. The highest BCUT2D eigenvalue weighted by Crippen LogP contribution is 2.24. The number of hydrogen-bond donors (Lipinski definition) is 2. The fourth-order valence-electron chi connectivity index (χ4n) is 2.33. The molecule has 0 aliphatic carbocycles. The number of ether oxygens (including phenoxy) is 2. The van der Waals surface area contributed by atoms with Gasteiger partial charge in [-0.15, -0.1) is 0 Å². The van der Waals surface area contributed by atoms with E-state index in [1.54, 1.807) is 7.11 Å². The summed E-state index contributed by atoms with van der Waals surface area (Å²) < 4.78 is 10.5. The Morgan fingerprint density at radius 3 is 2.74 bits per heavy atom. The average molecular weight is 265 g/mol. The third-order valence-corrected chi connectivity index (χ3v) is 3.84. The molecule has 2 N–H and O–H groups in total. The molecular weight excluding hydrogens is 242 g/mol. The summed E-state index contributed by atoms with van der Waals surface area (Å²) in [6, 6.07) is 8.07. The summed E-state index contributed by atoms with van der Waals surface area (Å²) in [5.41, 5.74) is 0.552. The summed E-state index contributed by atoms with van der Waals surface area (Å²) in [5.74, 6) is 0.878. The van der Waals surface area contributed by atoms with E-state index in [1.165, 1.54) is 5.56 Å². The molecule has 2 atom stereocenters. The van der Waals surface area contributed by atoms with Crippen LogP contribution in [0.25, 0.3) is 0 Å². The smallest absolute Gasteiger partial charge is 0.118 e. The molecule has 0 bridgehead atoms. The fraction of sp³-hybridized carbons (Fsp3) is 0.600. The lowest BCUT2D eigenvalue weighted by Gasteiger charge is -2.26. The van der Waals surface area contributed by atoms with Gasteiger partial charge in [-0.1, -0.05) is 12.1 Å². The van der Waals surface area contributed by atoms with Gasteiger partial charge in [0.2, 0.25) is 0 Å². The number of aliphatic hydroxyl groups is 1. The Balaban J connectivity index is 1.71.